The quantitative estimate of drug-likeness (QED) is 0.724. The Morgan fingerprint density at radius 3 is 2.86 bits per heavy atom. The number of pyridine rings is 1. The largest absolute Gasteiger partial charge is 0.322 e. The van der Waals surface area contributed by atoms with Crippen LogP contribution in [-0.2, 0) is 0 Å². The third kappa shape index (κ3) is 3.01. The topological polar surface area (TPSA) is 70.7 Å². The Labute approximate surface area is 132 Å². The summed E-state index contributed by atoms with van der Waals surface area (Å²) in [7, 11) is 0. The molecule has 1 aromatic carbocycles. The molecule has 0 saturated carbocycles. The lowest BCUT2D eigenvalue weighted by Gasteiger charge is -2.08. The van der Waals surface area contributed by atoms with Gasteiger partial charge in [-0.2, -0.15) is 5.10 Å². The zero-order valence-electron chi connectivity index (χ0n) is 11.9. The number of hydrogen-bond donors (Lipinski definition) is 2. The van der Waals surface area contributed by atoms with Gasteiger partial charge in [0.25, 0.3) is 5.91 Å². The molecule has 0 fully saturated rings. The molecule has 0 spiro atoms. The Kier molecular flexibility index (Phi) is 4.20. The molecule has 2 N–H and O–H groups in total. The minimum atomic E-state index is -0.167. The molecule has 2 heterocycles. The van der Waals surface area contributed by atoms with Crippen LogP contribution in [0, 0.1) is 0 Å². The minimum absolute atomic E-state index is 0.167. The number of nitrogens with zero attached hydrogens (tertiary/aromatic N) is 2. The van der Waals surface area contributed by atoms with Crippen molar-refractivity contribution in [3.05, 3.63) is 60.4 Å². The van der Waals surface area contributed by atoms with Crippen LogP contribution < -0.4 is 5.32 Å². The lowest BCUT2D eigenvalue weighted by molar-refractivity contribution is 0.102. The van der Waals surface area contributed by atoms with Crippen molar-refractivity contribution in [2.75, 3.05) is 11.6 Å². The van der Waals surface area contributed by atoms with Crippen molar-refractivity contribution in [3.8, 4) is 11.3 Å². The van der Waals surface area contributed by atoms with Crippen molar-refractivity contribution >= 4 is 23.4 Å². The highest BCUT2D eigenvalue weighted by Crippen LogP contribution is 2.22. The van der Waals surface area contributed by atoms with Gasteiger partial charge in [0.15, 0.2) is 0 Å². The van der Waals surface area contributed by atoms with Crippen molar-refractivity contribution in [2.45, 2.75) is 5.03 Å². The lowest BCUT2D eigenvalue weighted by Crippen LogP contribution is -2.13. The number of benzene rings is 1. The van der Waals surface area contributed by atoms with Gasteiger partial charge in [0.2, 0.25) is 0 Å². The van der Waals surface area contributed by atoms with Crippen molar-refractivity contribution in [3.63, 3.8) is 0 Å². The van der Waals surface area contributed by atoms with Gasteiger partial charge in [0.05, 0.1) is 11.3 Å². The molecule has 0 aliphatic carbocycles. The highest BCUT2D eigenvalue weighted by Gasteiger charge is 2.12. The smallest absolute Gasteiger partial charge is 0.258 e. The molecule has 1 amide bonds. The molecule has 0 saturated heterocycles. The second-order valence-electron chi connectivity index (χ2n) is 4.57. The number of thioether (sulfide) groups is 1. The van der Waals surface area contributed by atoms with E-state index in [2.05, 4.69) is 20.5 Å². The number of nitrogens with one attached hydrogen (secondary N) is 2. The van der Waals surface area contributed by atoms with E-state index < -0.39 is 0 Å². The molecule has 3 rings (SSSR count). The fraction of sp³-hybridized carbons (Fsp3) is 0.0625. The molecule has 3 aromatic rings. The first kappa shape index (κ1) is 14.3. The summed E-state index contributed by atoms with van der Waals surface area (Å²) in [6, 6.07) is 13.0. The highest BCUT2D eigenvalue weighted by atomic mass is 32.2. The fourth-order valence-corrected chi connectivity index (χ4v) is 2.65. The number of aromatic nitrogens is 3. The standard InChI is InChI=1S/C16H14N4OS/c1-22-16-13(6-3-8-17-16)15(21)19-12-5-2-4-11(10-12)14-7-9-18-20-14/h2-10H,1H3,(H,18,20)(H,19,21). The molecule has 0 unspecified atom stereocenters. The van der Waals surface area contributed by atoms with E-state index in [1.165, 1.54) is 11.8 Å². The number of rotatable bonds is 4. The average Bonchev–Trinajstić information content (AvgIpc) is 3.09. The van der Waals surface area contributed by atoms with Gasteiger partial charge in [0, 0.05) is 23.6 Å². The number of carbonyl (C=O) groups excluding carboxylic acids is 1. The van der Waals surface area contributed by atoms with Crippen LogP contribution in [0.3, 0.4) is 0 Å². The van der Waals surface area contributed by atoms with Gasteiger partial charge in [-0.3, -0.25) is 9.89 Å². The summed E-state index contributed by atoms with van der Waals surface area (Å²) in [5.41, 5.74) is 3.17. The number of aromatic amines is 1. The number of anilines is 1. The van der Waals surface area contributed by atoms with Crippen LogP contribution in [0.15, 0.2) is 59.9 Å². The zero-order chi connectivity index (χ0) is 15.4. The molecule has 0 radical (unpaired) electrons. The van der Waals surface area contributed by atoms with Crippen molar-refractivity contribution < 1.29 is 4.79 Å². The summed E-state index contributed by atoms with van der Waals surface area (Å²) >= 11 is 1.45. The number of hydrogen-bond acceptors (Lipinski definition) is 4. The summed E-state index contributed by atoms with van der Waals surface area (Å²) in [6.45, 7) is 0. The molecule has 2 aromatic heterocycles. The van der Waals surface area contributed by atoms with Gasteiger partial charge in [-0.1, -0.05) is 12.1 Å². The number of amides is 1. The van der Waals surface area contributed by atoms with Gasteiger partial charge in [-0.15, -0.1) is 11.8 Å². The van der Waals surface area contributed by atoms with Crippen LogP contribution in [0.1, 0.15) is 10.4 Å². The van der Waals surface area contributed by atoms with Crippen molar-refractivity contribution in [1.29, 1.82) is 0 Å². The predicted octanol–water partition coefficient (Wildman–Crippen LogP) is 3.45. The normalized spacial score (nSPS) is 10.4. The first-order chi connectivity index (χ1) is 10.8. The Hall–Kier alpha value is -2.60. The minimum Gasteiger partial charge on any atom is -0.322 e. The summed E-state index contributed by atoms with van der Waals surface area (Å²) < 4.78 is 0. The maximum absolute atomic E-state index is 12.4. The van der Waals surface area contributed by atoms with Gasteiger partial charge >= 0.3 is 0 Å². The fourth-order valence-electron chi connectivity index (χ4n) is 2.11. The molecule has 5 nitrogen and oxygen atoms in total. The molecule has 0 atom stereocenters. The first-order valence-corrected chi connectivity index (χ1v) is 7.90. The molecule has 0 aliphatic rings. The number of carbonyl (C=O) groups is 1. The highest BCUT2D eigenvalue weighted by molar-refractivity contribution is 7.98. The van der Waals surface area contributed by atoms with E-state index in [9.17, 15) is 4.79 Å². The van der Waals surface area contributed by atoms with Crippen molar-refractivity contribution in [1.82, 2.24) is 15.2 Å². The maximum Gasteiger partial charge on any atom is 0.258 e. The van der Waals surface area contributed by atoms with Crippen LogP contribution in [0.25, 0.3) is 11.3 Å². The molecule has 110 valence electrons. The van der Waals surface area contributed by atoms with Gasteiger partial charge in [-0.05, 0) is 36.6 Å². The van der Waals surface area contributed by atoms with E-state index in [0.29, 0.717) is 10.6 Å². The van der Waals surface area contributed by atoms with Gasteiger partial charge in [0.1, 0.15) is 5.03 Å². The van der Waals surface area contributed by atoms with E-state index >= 15 is 0 Å². The second kappa shape index (κ2) is 6.44. The number of H-pyrrole nitrogens is 1. The second-order valence-corrected chi connectivity index (χ2v) is 5.36. The molecule has 6 heteroatoms. The summed E-state index contributed by atoms with van der Waals surface area (Å²) in [4.78, 5) is 16.6. The summed E-state index contributed by atoms with van der Waals surface area (Å²) in [6.07, 6.45) is 5.28. The third-order valence-electron chi connectivity index (χ3n) is 3.14. The Morgan fingerprint density at radius 1 is 1.18 bits per heavy atom. The van der Waals surface area contributed by atoms with E-state index in [0.717, 1.165) is 16.9 Å². The third-order valence-corrected chi connectivity index (χ3v) is 3.85. The summed E-state index contributed by atoms with van der Waals surface area (Å²) in [5.74, 6) is -0.167. The van der Waals surface area contributed by atoms with Crippen LogP contribution in [-0.4, -0.2) is 27.3 Å². The first-order valence-electron chi connectivity index (χ1n) is 6.68. The van der Waals surface area contributed by atoms with Crippen LogP contribution in [0.2, 0.25) is 0 Å². The average molecular weight is 310 g/mol. The van der Waals surface area contributed by atoms with Gasteiger partial charge in [-0.25, -0.2) is 4.98 Å². The Balaban J connectivity index is 1.84. The van der Waals surface area contributed by atoms with E-state index in [1.807, 2.05) is 36.6 Å². The maximum atomic E-state index is 12.4. The van der Waals surface area contributed by atoms with Gasteiger partial charge < -0.3 is 5.32 Å². The summed E-state index contributed by atoms with van der Waals surface area (Å²) in [5, 5.41) is 10.5. The van der Waals surface area contributed by atoms with E-state index in [-0.39, 0.29) is 5.91 Å². The van der Waals surface area contributed by atoms with E-state index in [1.54, 1.807) is 24.5 Å². The van der Waals surface area contributed by atoms with Crippen molar-refractivity contribution in [2.24, 2.45) is 0 Å². The molecular formula is C16H14N4OS. The van der Waals surface area contributed by atoms with Crippen LogP contribution >= 0.6 is 11.8 Å². The lowest BCUT2D eigenvalue weighted by atomic mass is 10.1. The molecule has 22 heavy (non-hydrogen) atoms. The predicted molar refractivity (Wildman–Crippen MR) is 88.0 cm³/mol. The van der Waals surface area contributed by atoms with E-state index in [4.69, 9.17) is 0 Å². The SMILES string of the molecule is CSc1ncccc1C(=O)Nc1cccc(-c2ccn[nH]2)c1. The zero-order valence-corrected chi connectivity index (χ0v) is 12.7. The molecule has 0 aliphatic heterocycles. The van der Waals surface area contributed by atoms with Crippen LogP contribution in [0.4, 0.5) is 5.69 Å². The van der Waals surface area contributed by atoms with Crippen LogP contribution in [0.5, 0.6) is 0 Å². The monoisotopic (exact) mass is 310 g/mol. The molecular weight excluding hydrogens is 296 g/mol. The Morgan fingerprint density at radius 2 is 2.09 bits per heavy atom. The Bertz CT molecular complexity index is 786. The molecule has 0 bridgehead atoms.